The van der Waals surface area contributed by atoms with E-state index in [1.54, 1.807) is 0 Å². The SMILES string of the molecule is Cc1ccc(OC2CC2)c(C(=O)NCc2ccc(-n3nc(C(C)C)c(N)c3C(N)=O)cc2)c1. The van der Waals surface area contributed by atoms with Gasteiger partial charge in [-0.3, -0.25) is 9.59 Å². The highest BCUT2D eigenvalue weighted by Gasteiger charge is 2.26. The summed E-state index contributed by atoms with van der Waals surface area (Å²) in [5, 5.41) is 7.46. The van der Waals surface area contributed by atoms with E-state index >= 15 is 0 Å². The van der Waals surface area contributed by atoms with E-state index in [2.05, 4.69) is 10.4 Å². The monoisotopic (exact) mass is 447 g/mol. The summed E-state index contributed by atoms with van der Waals surface area (Å²) in [6.45, 7) is 6.20. The quantitative estimate of drug-likeness (QED) is 0.488. The van der Waals surface area contributed by atoms with Crippen LogP contribution in [0.15, 0.2) is 42.5 Å². The number of ether oxygens (including phenoxy) is 1. The van der Waals surface area contributed by atoms with Gasteiger partial charge < -0.3 is 21.5 Å². The van der Waals surface area contributed by atoms with Crippen molar-refractivity contribution >= 4 is 17.5 Å². The van der Waals surface area contributed by atoms with Crippen molar-refractivity contribution in [2.45, 2.75) is 52.2 Å². The third kappa shape index (κ3) is 4.84. The molecule has 0 aliphatic heterocycles. The molecule has 0 unspecified atom stereocenters. The number of aromatic nitrogens is 2. The van der Waals surface area contributed by atoms with E-state index < -0.39 is 5.91 Å². The number of nitrogens with two attached hydrogens (primary N) is 2. The maximum absolute atomic E-state index is 12.8. The number of aryl methyl sites for hydroxylation is 1. The molecule has 0 spiro atoms. The maximum atomic E-state index is 12.8. The van der Waals surface area contributed by atoms with Crippen LogP contribution >= 0.6 is 0 Å². The van der Waals surface area contributed by atoms with Crippen molar-refractivity contribution in [3.05, 3.63) is 70.5 Å². The van der Waals surface area contributed by atoms with E-state index in [9.17, 15) is 9.59 Å². The molecule has 2 amide bonds. The number of carbonyl (C=O) groups excluding carboxylic acids is 2. The van der Waals surface area contributed by atoms with E-state index in [-0.39, 0.29) is 23.6 Å². The lowest BCUT2D eigenvalue weighted by Crippen LogP contribution is -2.24. The van der Waals surface area contributed by atoms with E-state index in [0.29, 0.717) is 34.9 Å². The van der Waals surface area contributed by atoms with Crippen LogP contribution < -0.4 is 21.5 Å². The van der Waals surface area contributed by atoms with E-state index in [1.807, 2.05) is 63.2 Å². The van der Waals surface area contributed by atoms with Gasteiger partial charge in [-0.05, 0) is 55.5 Å². The van der Waals surface area contributed by atoms with Crippen molar-refractivity contribution < 1.29 is 14.3 Å². The zero-order valence-corrected chi connectivity index (χ0v) is 19.1. The average Bonchev–Trinajstić information content (AvgIpc) is 3.52. The van der Waals surface area contributed by atoms with Gasteiger partial charge in [-0.2, -0.15) is 5.10 Å². The van der Waals surface area contributed by atoms with Gasteiger partial charge in [0, 0.05) is 6.54 Å². The number of anilines is 1. The predicted octanol–water partition coefficient (Wildman–Crippen LogP) is 3.46. The van der Waals surface area contributed by atoms with Crippen molar-refractivity contribution in [2.24, 2.45) is 5.73 Å². The third-order valence-electron chi connectivity index (χ3n) is 5.56. The highest BCUT2D eigenvalue weighted by molar-refractivity contribution is 5.98. The van der Waals surface area contributed by atoms with E-state index in [0.717, 1.165) is 24.0 Å². The molecular formula is C25H29N5O3. The molecule has 5 N–H and O–H groups in total. The van der Waals surface area contributed by atoms with Gasteiger partial charge in [0.1, 0.15) is 5.75 Å². The molecule has 0 bridgehead atoms. The standard InChI is InChI=1S/C25H29N5O3/c1-14(2)22-21(26)23(24(27)31)30(29-22)17-7-5-16(6-8-17)13-28-25(32)19-12-15(3)4-11-20(19)33-18-9-10-18/h4-8,11-12,14,18H,9-10,13,26H2,1-3H3,(H2,27,31)(H,28,32). The molecule has 172 valence electrons. The number of nitrogens with zero attached hydrogens (tertiary/aromatic N) is 2. The molecule has 8 heteroatoms. The van der Waals surface area contributed by atoms with Gasteiger partial charge in [0.05, 0.1) is 28.7 Å². The largest absolute Gasteiger partial charge is 0.490 e. The highest BCUT2D eigenvalue weighted by atomic mass is 16.5. The Balaban J connectivity index is 1.49. The van der Waals surface area contributed by atoms with E-state index in [1.165, 1.54) is 4.68 Å². The van der Waals surface area contributed by atoms with Crippen LogP contribution in [0.4, 0.5) is 5.69 Å². The first-order valence-electron chi connectivity index (χ1n) is 11.1. The van der Waals surface area contributed by atoms with Crippen LogP contribution in [0.25, 0.3) is 5.69 Å². The molecule has 1 aromatic heterocycles. The summed E-state index contributed by atoms with van der Waals surface area (Å²) in [7, 11) is 0. The topological polar surface area (TPSA) is 125 Å². The number of hydrogen-bond acceptors (Lipinski definition) is 5. The number of hydrogen-bond donors (Lipinski definition) is 3. The van der Waals surface area contributed by atoms with Crippen LogP contribution in [0.2, 0.25) is 0 Å². The minimum atomic E-state index is -0.634. The molecular weight excluding hydrogens is 418 g/mol. The Kier molecular flexibility index (Phi) is 6.09. The maximum Gasteiger partial charge on any atom is 0.269 e. The van der Waals surface area contributed by atoms with Crippen LogP contribution in [-0.2, 0) is 6.54 Å². The van der Waals surface area contributed by atoms with Crippen molar-refractivity contribution in [2.75, 3.05) is 5.73 Å². The molecule has 1 fully saturated rings. The van der Waals surface area contributed by atoms with Gasteiger partial charge in [0.2, 0.25) is 0 Å². The lowest BCUT2D eigenvalue weighted by atomic mass is 10.1. The lowest BCUT2D eigenvalue weighted by Gasteiger charge is -2.12. The van der Waals surface area contributed by atoms with Crippen molar-refractivity contribution in [1.82, 2.24) is 15.1 Å². The highest BCUT2D eigenvalue weighted by Crippen LogP contribution is 2.30. The number of nitrogen functional groups attached to an aromatic ring is 1. The summed E-state index contributed by atoms with van der Waals surface area (Å²) in [6, 6.07) is 13.0. The molecule has 1 aliphatic carbocycles. The molecule has 0 saturated heterocycles. The molecule has 8 nitrogen and oxygen atoms in total. The summed E-state index contributed by atoms with van der Waals surface area (Å²) < 4.78 is 7.37. The minimum Gasteiger partial charge on any atom is -0.490 e. The Morgan fingerprint density at radius 3 is 2.48 bits per heavy atom. The van der Waals surface area contributed by atoms with Gasteiger partial charge >= 0.3 is 0 Å². The fraction of sp³-hybridized carbons (Fsp3) is 0.320. The van der Waals surface area contributed by atoms with Crippen molar-refractivity contribution in [1.29, 1.82) is 0 Å². The second-order valence-electron chi connectivity index (χ2n) is 8.74. The lowest BCUT2D eigenvalue weighted by molar-refractivity contribution is 0.0945. The summed E-state index contributed by atoms with van der Waals surface area (Å²) in [6.07, 6.45) is 2.27. The van der Waals surface area contributed by atoms with Gasteiger partial charge in [0.15, 0.2) is 5.69 Å². The number of benzene rings is 2. The fourth-order valence-electron chi connectivity index (χ4n) is 3.62. The second-order valence-corrected chi connectivity index (χ2v) is 8.74. The number of nitrogens with one attached hydrogen (secondary N) is 1. The van der Waals surface area contributed by atoms with Crippen LogP contribution in [0, 0.1) is 6.92 Å². The van der Waals surface area contributed by atoms with Crippen LogP contribution in [0.3, 0.4) is 0 Å². The Morgan fingerprint density at radius 1 is 1.18 bits per heavy atom. The normalized spacial score (nSPS) is 13.2. The fourth-order valence-corrected chi connectivity index (χ4v) is 3.62. The van der Waals surface area contributed by atoms with Gasteiger partial charge in [-0.25, -0.2) is 4.68 Å². The Bertz CT molecular complexity index is 1190. The van der Waals surface area contributed by atoms with Crippen LogP contribution in [0.1, 0.15) is 70.3 Å². The summed E-state index contributed by atoms with van der Waals surface area (Å²) >= 11 is 0. The summed E-state index contributed by atoms with van der Waals surface area (Å²) in [4.78, 5) is 24.8. The Hall–Kier alpha value is -3.81. The zero-order chi connectivity index (χ0) is 23.7. The van der Waals surface area contributed by atoms with Gasteiger partial charge in [0.25, 0.3) is 11.8 Å². The van der Waals surface area contributed by atoms with E-state index in [4.69, 9.17) is 16.2 Å². The Labute approximate surface area is 192 Å². The number of amides is 2. The third-order valence-corrected chi connectivity index (χ3v) is 5.56. The summed E-state index contributed by atoms with van der Waals surface area (Å²) in [5.41, 5.74) is 15.9. The van der Waals surface area contributed by atoms with Crippen LogP contribution in [0.5, 0.6) is 5.75 Å². The number of primary amides is 1. The number of rotatable bonds is 8. The second kappa shape index (κ2) is 8.97. The first-order valence-corrected chi connectivity index (χ1v) is 11.1. The first-order chi connectivity index (χ1) is 15.7. The minimum absolute atomic E-state index is 0.0502. The number of carbonyl (C=O) groups is 2. The molecule has 1 heterocycles. The predicted molar refractivity (Wildman–Crippen MR) is 127 cm³/mol. The van der Waals surface area contributed by atoms with Crippen molar-refractivity contribution in [3.8, 4) is 11.4 Å². The molecule has 2 aromatic carbocycles. The zero-order valence-electron chi connectivity index (χ0n) is 19.1. The molecule has 4 rings (SSSR count). The van der Waals surface area contributed by atoms with Gasteiger partial charge in [-0.1, -0.05) is 37.6 Å². The molecule has 1 aliphatic rings. The average molecular weight is 448 g/mol. The molecule has 33 heavy (non-hydrogen) atoms. The smallest absolute Gasteiger partial charge is 0.269 e. The van der Waals surface area contributed by atoms with Gasteiger partial charge in [-0.15, -0.1) is 0 Å². The summed E-state index contributed by atoms with van der Waals surface area (Å²) in [5.74, 6) is -0.150. The Morgan fingerprint density at radius 2 is 1.88 bits per heavy atom. The molecule has 0 radical (unpaired) electrons. The first kappa shape index (κ1) is 22.4. The van der Waals surface area contributed by atoms with Crippen LogP contribution in [-0.4, -0.2) is 27.7 Å². The molecule has 0 atom stereocenters. The molecule has 1 saturated carbocycles. The van der Waals surface area contributed by atoms with Crippen molar-refractivity contribution in [3.63, 3.8) is 0 Å². The molecule has 3 aromatic rings.